The van der Waals surface area contributed by atoms with Crippen molar-refractivity contribution in [2.75, 3.05) is 50.8 Å². The van der Waals surface area contributed by atoms with Gasteiger partial charge in [-0.15, -0.1) is 0 Å². The zero-order valence-electron chi connectivity index (χ0n) is 17.4. The van der Waals surface area contributed by atoms with Crippen LogP contribution in [-0.4, -0.2) is 76.7 Å². The molecule has 2 aromatic rings. The Hall–Kier alpha value is -2.09. The maximum atomic E-state index is 5.42. The van der Waals surface area contributed by atoms with Crippen molar-refractivity contribution in [1.82, 2.24) is 24.8 Å². The van der Waals surface area contributed by atoms with Gasteiger partial charge in [0.1, 0.15) is 0 Å². The number of nitrogens with zero attached hydrogens (tertiary/aromatic N) is 6. The quantitative estimate of drug-likeness (QED) is 0.678. The SMILES string of the molecule is CCN1CCCC1CN(Cc1cnc(N2CCOCC2)nc1)Cc1ccccn1. The molecule has 0 amide bonds. The number of aromatic nitrogens is 3. The van der Waals surface area contributed by atoms with Crippen LogP contribution in [0.2, 0.25) is 0 Å². The van der Waals surface area contributed by atoms with Crippen LogP contribution in [0.1, 0.15) is 31.0 Å². The average Bonchev–Trinajstić information content (AvgIpc) is 3.23. The lowest BCUT2D eigenvalue weighted by atomic mass is 10.2. The summed E-state index contributed by atoms with van der Waals surface area (Å²) in [5.74, 6) is 0.807. The summed E-state index contributed by atoms with van der Waals surface area (Å²) in [7, 11) is 0. The molecular formula is C22H32N6O. The number of ether oxygens (including phenoxy) is 1. The lowest BCUT2D eigenvalue weighted by Gasteiger charge is -2.30. The summed E-state index contributed by atoms with van der Waals surface area (Å²) in [4.78, 5) is 21.1. The summed E-state index contributed by atoms with van der Waals surface area (Å²) in [6, 6.07) is 6.77. The molecule has 1 atom stereocenters. The van der Waals surface area contributed by atoms with Crippen molar-refractivity contribution in [1.29, 1.82) is 0 Å². The van der Waals surface area contributed by atoms with Crippen LogP contribution in [0.5, 0.6) is 0 Å². The zero-order valence-corrected chi connectivity index (χ0v) is 17.4. The van der Waals surface area contributed by atoms with E-state index in [1.54, 1.807) is 0 Å². The molecule has 29 heavy (non-hydrogen) atoms. The Balaban J connectivity index is 1.43. The van der Waals surface area contributed by atoms with E-state index >= 15 is 0 Å². The van der Waals surface area contributed by atoms with E-state index in [0.717, 1.165) is 69.7 Å². The third-order valence-electron chi connectivity index (χ3n) is 5.88. The van der Waals surface area contributed by atoms with Crippen molar-refractivity contribution in [3.05, 3.63) is 48.0 Å². The van der Waals surface area contributed by atoms with E-state index in [4.69, 9.17) is 4.74 Å². The second-order valence-electron chi connectivity index (χ2n) is 7.91. The molecule has 1 unspecified atom stereocenters. The molecule has 0 saturated carbocycles. The van der Waals surface area contributed by atoms with Gasteiger partial charge in [0, 0.05) is 62.9 Å². The summed E-state index contributed by atoms with van der Waals surface area (Å²) in [6.45, 7) is 10.6. The first kappa shape index (κ1) is 20.2. The largest absolute Gasteiger partial charge is 0.378 e. The van der Waals surface area contributed by atoms with E-state index in [0.29, 0.717) is 6.04 Å². The van der Waals surface area contributed by atoms with Crippen molar-refractivity contribution in [2.24, 2.45) is 0 Å². The molecule has 4 rings (SSSR count). The fourth-order valence-electron chi connectivity index (χ4n) is 4.34. The Kier molecular flexibility index (Phi) is 7.03. The molecule has 2 aliphatic heterocycles. The van der Waals surface area contributed by atoms with Gasteiger partial charge >= 0.3 is 0 Å². The van der Waals surface area contributed by atoms with Gasteiger partial charge in [-0.05, 0) is 38.1 Å². The maximum Gasteiger partial charge on any atom is 0.225 e. The van der Waals surface area contributed by atoms with E-state index in [1.165, 1.54) is 19.4 Å². The van der Waals surface area contributed by atoms with Gasteiger partial charge in [0.25, 0.3) is 0 Å². The first-order valence-electron chi connectivity index (χ1n) is 10.8. The number of hydrogen-bond donors (Lipinski definition) is 0. The Bertz CT molecular complexity index is 735. The average molecular weight is 397 g/mol. The van der Waals surface area contributed by atoms with Gasteiger partial charge in [0.15, 0.2) is 0 Å². The number of hydrogen-bond acceptors (Lipinski definition) is 7. The number of pyridine rings is 1. The fraction of sp³-hybridized carbons (Fsp3) is 0.591. The molecule has 0 aliphatic carbocycles. The normalized spacial score (nSPS) is 20.5. The first-order valence-corrected chi connectivity index (χ1v) is 10.8. The highest BCUT2D eigenvalue weighted by molar-refractivity contribution is 5.30. The van der Waals surface area contributed by atoms with Gasteiger partial charge in [0.2, 0.25) is 5.95 Å². The number of anilines is 1. The second kappa shape index (κ2) is 10.1. The maximum absolute atomic E-state index is 5.42. The van der Waals surface area contributed by atoms with Gasteiger partial charge in [-0.2, -0.15) is 0 Å². The fourth-order valence-corrected chi connectivity index (χ4v) is 4.34. The highest BCUT2D eigenvalue weighted by Gasteiger charge is 2.25. The second-order valence-corrected chi connectivity index (χ2v) is 7.91. The Morgan fingerprint density at radius 3 is 2.62 bits per heavy atom. The van der Waals surface area contributed by atoms with E-state index in [-0.39, 0.29) is 0 Å². The van der Waals surface area contributed by atoms with E-state index in [9.17, 15) is 0 Å². The molecule has 156 valence electrons. The highest BCUT2D eigenvalue weighted by atomic mass is 16.5. The molecule has 2 fully saturated rings. The van der Waals surface area contributed by atoms with Crippen LogP contribution in [-0.2, 0) is 17.8 Å². The number of likely N-dealkylation sites (N-methyl/N-ethyl adjacent to an activating group) is 1. The summed E-state index contributed by atoms with van der Waals surface area (Å²) in [5, 5.41) is 0. The lowest BCUT2D eigenvalue weighted by Crippen LogP contribution is -2.40. The molecule has 4 heterocycles. The van der Waals surface area contributed by atoms with Crippen molar-refractivity contribution >= 4 is 5.95 Å². The van der Waals surface area contributed by atoms with Crippen molar-refractivity contribution < 1.29 is 4.74 Å². The molecule has 0 bridgehead atoms. The van der Waals surface area contributed by atoms with E-state index in [1.807, 2.05) is 24.7 Å². The molecular weight excluding hydrogens is 364 g/mol. The first-order chi connectivity index (χ1) is 14.3. The molecule has 7 heteroatoms. The van der Waals surface area contributed by atoms with Gasteiger partial charge in [-0.1, -0.05) is 13.0 Å². The minimum absolute atomic E-state index is 0.622. The summed E-state index contributed by atoms with van der Waals surface area (Å²) < 4.78 is 5.42. The van der Waals surface area contributed by atoms with Gasteiger partial charge < -0.3 is 9.64 Å². The Labute approximate surface area is 173 Å². The van der Waals surface area contributed by atoms with Crippen molar-refractivity contribution in [3.8, 4) is 0 Å². The van der Waals surface area contributed by atoms with Crippen LogP contribution in [0.25, 0.3) is 0 Å². The van der Waals surface area contributed by atoms with Gasteiger partial charge in [-0.25, -0.2) is 9.97 Å². The van der Waals surface area contributed by atoms with Crippen LogP contribution in [0.4, 0.5) is 5.95 Å². The highest BCUT2D eigenvalue weighted by Crippen LogP contribution is 2.20. The van der Waals surface area contributed by atoms with Crippen LogP contribution < -0.4 is 4.90 Å². The predicted molar refractivity (Wildman–Crippen MR) is 114 cm³/mol. The summed E-state index contributed by atoms with van der Waals surface area (Å²) >= 11 is 0. The Morgan fingerprint density at radius 1 is 1.07 bits per heavy atom. The van der Waals surface area contributed by atoms with Gasteiger partial charge in [0.05, 0.1) is 18.9 Å². The van der Waals surface area contributed by atoms with Crippen molar-refractivity contribution in [3.63, 3.8) is 0 Å². The molecule has 0 radical (unpaired) electrons. The monoisotopic (exact) mass is 396 g/mol. The minimum atomic E-state index is 0.622. The lowest BCUT2D eigenvalue weighted by molar-refractivity contribution is 0.122. The number of morpholine rings is 1. The molecule has 7 nitrogen and oxygen atoms in total. The van der Waals surface area contributed by atoms with E-state index < -0.39 is 0 Å². The van der Waals surface area contributed by atoms with Crippen LogP contribution >= 0.6 is 0 Å². The third kappa shape index (κ3) is 5.50. The Morgan fingerprint density at radius 2 is 1.90 bits per heavy atom. The van der Waals surface area contributed by atoms with E-state index in [2.05, 4.69) is 48.7 Å². The molecule has 2 saturated heterocycles. The molecule has 0 spiro atoms. The topological polar surface area (TPSA) is 57.6 Å². The predicted octanol–water partition coefficient (Wildman–Crippen LogP) is 2.19. The van der Waals surface area contributed by atoms with Crippen LogP contribution in [0.3, 0.4) is 0 Å². The molecule has 0 N–H and O–H groups in total. The molecule has 0 aromatic carbocycles. The number of rotatable bonds is 8. The molecule has 2 aromatic heterocycles. The summed E-state index contributed by atoms with van der Waals surface area (Å²) in [5.41, 5.74) is 2.26. The smallest absolute Gasteiger partial charge is 0.225 e. The zero-order chi connectivity index (χ0) is 19.9. The van der Waals surface area contributed by atoms with Gasteiger partial charge in [-0.3, -0.25) is 14.8 Å². The minimum Gasteiger partial charge on any atom is -0.378 e. The number of likely N-dealkylation sites (tertiary alicyclic amines) is 1. The van der Waals surface area contributed by atoms with Crippen LogP contribution in [0, 0.1) is 0 Å². The standard InChI is InChI=1S/C22H32N6O/c1-2-27-9-5-7-21(27)18-26(17-20-6-3-4-8-23-20)16-19-14-24-22(25-15-19)28-10-12-29-13-11-28/h3-4,6,8,14-15,21H,2,5,7,9-13,16-18H2,1H3. The third-order valence-corrected chi connectivity index (χ3v) is 5.88. The summed E-state index contributed by atoms with van der Waals surface area (Å²) in [6.07, 6.45) is 8.42. The molecule has 2 aliphatic rings. The van der Waals surface area contributed by atoms with Crippen molar-refractivity contribution in [2.45, 2.75) is 38.9 Å². The van der Waals surface area contributed by atoms with Crippen LogP contribution in [0.15, 0.2) is 36.8 Å².